The zero-order valence-corrected chi connectivity index (χ0v) is 11.4. The standard InChI is InChI=1S/C13H18ClNO3/c1-3-6-18-11-5-4-10(7-12(11)17-2)9-15-13(16)8-14/h4-5,7H,3,6,8-9H2,1-2H3,(H,15,16). The van der Waals surface area contributed by atoms with Crippen molar-refractivity contribution >= 4 is 17.5 Å². The Morgan fingerprint density at radius 2 is 2.17 bits per heavy atom. The van der Waals surface area contributed by atoms with Gasteiger partial charge in [0.25, 0.3) is 0 Å². The number of hydrogen-bond acceptors (Lipinski definition) is 3. The number of hydrogen-bond donors (Lipinski definition) is 1. The summed E-state index contributed by atoms with van der Waals surface area (Å²) in [6.07, 6.45) is 0.941. The van der Waals surface area contributed by atoms with Crippen LogP contribution in [0.4, 0.5) is 0 Å². The molecule has 1 N–H and O–H groups in total. The Balaban J connectivity index is 2.68. The monoisotopic (exact) mass is 271 g/mol. The third kappa shape index (κ3) is 4.45. The fourth-order valence-electron chi connectivity index (χ4n) is 1.40. The van der Waals surface area contributed by atoms with Gasteiger partial charge in [-0.3, -0.25) is 4.79 Å². The van der Waals surface area contributed by atoms with Crippen molar-refractivity contribution in [2.45, 2.75) is 19.9 Å². The van der Waals surface area contributed by atoms with Gasteiger partial charge in [0.15, 0.2) is 11.5 Å². The van der Waals surface area contributed by atoms with Crippen molar-refractivity contribution in [1.82, 2.24) is 5.32 Å². The molecule has 1 rings (SSSR count). The van der Waals surface area contributed by atoms with Gasteiger partial charge in [-0.05, 0) is 24.1 Å². The van der Waals surface area contributed by atoms with E-state index in [0.717, 1.165) is 12.0 Å². The van der Waals surface area contributed by atoms with Crippen LogP contribution < -0.4 is 14.8 Å². The van der Waals surface area contributed by atoms with Gasteiger partial charge >= 0.3 is 0 Å². The summed E-state index contributed by atoms with van der Waals surface area (Å²) >= 11 is 5.40. The van der Waals surface area contributed by atoms with Crippen LogP contribution in [0.3, 0.4) is 0 Å². The summed E-state index contributed by atoms with van der Waals surface area (Å²) in [5.74, 6) is 1.16. The molecule has 0 unspecified atom stereocenters. The van der Waals surface area contributed by atoms with E-state index in [4.69, 9.17) is 21.1 Å². The maximum atomic E-state index is 11.0. The molecule has 5 heteroatoms. The predicted molar refractivity (Wildman–Crippen MR) is 71.3 cm³/mol. The fourth-order valence-corrected chi connectivity index (χ4v) is 1.50. The van der Waals surface area contributed by atoms with Crippen molar-refractivity contribution in [3.63, 3.8) is 0 Å². The number of carbonyl (C=O) groups excluding carboxylic acids is 1. The molecule has 0 saturated heterocycles. The first-order chi connectivity index (χ1) is 8.71. The van der Waals surface area contributed by atoms with Crippen LogP contribution in [0.5, 0.6) is 11.5 Å². The van der Waals surface area contributed by atoms with E-state index in [2.05, 4.69) is 5.32 Å². The van der Waals surface area contributed by atoms with Gasteiger partial charge < -0.3 is 14.8 Å². The summed E-state index contributed by atoms with van der Waals surface area (Å²) in [6.45, 7) is 3.12. The molecule has 0 spiro atoms. The average Bonchev–Trinajstić information content (AvgIpc) is 2.42. The van der Waals surface area contributed by atoms with Crippen LogP contribution in [0.1, 0.15) is 18.9 Å². The molecule has 0 aliphatic carbocycles. The minimum atomic E-state index is -0.193. The summed E-state index contributed by atoms with van der Waals surface area (Å²) in [4.78, 5) is 11.0. The first kappa shape index (κ1) is 14.6. The molecule has 100 valence electrons. The van der Waals surface area contributed by atoms with Gasteiger partial charge in [0, 0.05) is 6.54 Å². The number of rotatable bonds is 7. The molecule has 0 aromatic heterocycles. The first-order valence-electron chi connectivity index (χ1n) is 5.83. The van der Waals surface area contributed by atoms with Crippen molar-refractivity contribution in [3.8, 4) is 11.5 Å². The molecule has 0 aliphatic rings. The van der Waals surface area contributed by atoms with E-state index in [0.29, 0.717) is 24.7 Å². The van der Waals surface area contributed by atoms with Crippen LogP contribution in [-0.4, -0.2) is 25.5 Å². The van der Waals surface area contributed by atoms with Gasteiger partial charge in [-0.1, -0.05) is 13.0 Å². The van der Waals surface area contributed by atoms with Crippen LogP contribution in [-0.2, 0) is 11.3 Å². The second-order valence-electron chi connectivity index (χ2n) is 3.74. The van der Waals surface area contributed by atoms with Gasteiger partial charge in [-0.15, -0.1) is 11.6 Å². The second-order valence-corrected chi connectivity index (χ2v) is 4.01. The van der Waals surface area contributed by atoms with Crippen LogP contribution in [0.15, 0.2) is 18.2 Å². The Kier molecular flexibility index (Phi) is 6.36. The Bertz CT molecular complexity index is 396. The lowest BCUT2D eigenvalue weighted by Gasteiger charge is -2.12. The number of ether oxygens (including phenoxy) is 2. The van der Waals surface area contributed by atoms with E-state index >= 15 is 0 Å². The third-order valence-electron chi connectivity index (χ3n) is 2.30. The highest BCUT2D eigenvalue weighted by molar-refractivity contribution is 6.27. The molecule has 1 amide bonds. The molecule has 18 heavy (non-hydrogen) atoms. The smallest absolute Gasteiger partial charge is 0.235 e. The molecule has 1 aromatic rings. The second kappa shape index (κ2) is 7.82. The van der Waals surface area contributed by atoms with E-state index in [9.17, 15) is 4.79 Å². The minimum absolute atomic E-state index is 0.0329. The maximum absolute atomic E-state index is 11.0. The number of nitrogens with one attached hydrogen (secondary N) is 1. The molecule has 1 aromatic carbocycles. The molecular weight excluding hydrogens is 254 g/mol. The SMILES string of the molecule is CCCOc1ccc(CNC(=O)CCl)cc1OC. The zero-order valence-electron chi connectivity index (χ0n) is 10.7. The number of benzene rings is 1. The largest absolute Gasteiger partial charge is 0.493 e. The third-order valence-corrected chi connectivity index (χ3v) is 2.54. The van der Waals surface area contributed by atoms with Crippen LogP contribution in [0.2, 0.25) is 0 Å². The van der Waals surface area contributed by atoms with Gasteiger partial charge in [-0.25, -0.2) is 0 Å². The highest BCUT2D eigenvalue weighted by Gasteiger charge is 2.06. The molecule has 0 aliphatic heterocycles. The topological polar surface area (TPSA) is 47.6 Å². The highest BCUT2D eigenvalue weighted by atomic mass is 35.5. The summed E-state index contributed by atoms with van der Waals surface area (Å²) in [7, 11) is 1.59. The van der Waals surface area contributed by atoms with Crippen molar-refractivity contribution < 1.29 is 14.3 Å². The molecule has 0 heterocycles. The molecule has 0 atom stereocenters. The first-order valence-corrected chi connectivity index (χ1v) is 6.37. The Labute approximate surface area is 112 Å². The number of halogens is 1. The lowest BCUT2D eigenvalue weighted by Crippen LogP contribution is -2.23. The molecule has 0 bridgehead atoms. The van der Waals surface area contributed by atoms with Gasteiger partial charge in [0.2, 0.25) is 5.91 Å². The number of amides is 1. The summed E-state index contributed by atoms with van der Waals surface area (Å²) in [5, 5.41) is 2.70. The van der Waals surface area contributed by atoms with E-state index in [1.54, 1.807) is 7.11 Å². The quantitative estimate of drug-likeness (QED) is 0.775. The van der Waals surface area contributed by atoms with Gasteiger partial charge in [0.05, 0.1) is 13.7 Å². The number of carbonyl (C=O) groups is 1. The normalized spacial score (nSPS) is 9.94. The Hall–Kier alpha value is -1.42. The molecule has 0 saturated carbocycles. The van der Waals surface area contributed by atoms with E-state index < -0.39 is 0 Å². The molecule has 0 fully saturated rings. The lowest BCUT2D eigenvalue weighted by atomic mass is 10.2. The summed E-state index contributed by atoms with van der Waals surface area (Å²) < 4.78 is 10.8. The van der Waals surface area contributed by atoms with Crippen LogP contribution >= 0.6 is 11.6 Å². The number of alkyl halides is 1. The predicted octanol–water partition coefficient (Wildman–Crippen LogP) is 2.34. The highest BCUT2D eigenvalue weighted by Crippen LogP contribution is 2.28. The Morgan fingerprint density at radius 1 is 1.39 bits per heavy atom. The number of methoxy groups -OCH3 is 1. The average molecular weight is 272 g/mol. The van der Waals surface area contributed by atoms with Crippen LogP contribution in [0, 0.1) is 0 Å². The summed E-state index contributed by atoms with van der Waals surface area (Å²) in [5.41, 5.74) is 0.939. The lowest BCUT2D eigenvalue weighted by molar-refractivity contribution is -0.118. The van der Waals surface area contributed by atoms with Crippen molar-refractivity contribution in [2.24, 2.45) is 0 Å². The van der Waals surface area contributed by atoms with Crippen molar-refractivity contribution in [3.05, 3.63) is 23.8 Å². The fraction of sp³-hybridized carbons (Fsp3) is 0.462. The van der Waals surface area contributed by atoms with E-state index in [-0.39, 0.29) is 11.8 Å². The van der Waals surface area contributed by atoms with Gasteiger partial charge in [0.1, 0.15) is 5.88 Å². The van der Waals surface area contributed by atoms with E-state index in [1.807, 2.05) is 25.1 Å². The molecule has 4 nitrogen and oxygen atoms in total. The molecular formula is C13H18ClNO3. The molecule has 0 radical (unpaired) electrons. The summed E-state index contributed by atoms with van der Waals surface area (Å²) in [6, 6.07) is 5.58. The van der Waals surface area contributed by atoms with E-state index in [1.165, 1.54) is 0 Å². The Morgan fingerprint density at radius 3 is 2.78 bits per heavy atom. The maximum Gasteiger partial charge on any atom is 0.235 e. The van der Waals surface area contributed by atoms with Crippen molar-refractivity contribution in [2.75, 3.05) is 19.6 Å². The van der Waals surface area contributed by atoms with Gasteiger partial charge in [-0.2, -0.15) is 0 Å². The van der Waals surface area contributed by atoms with Crippen molar-refractivity contribution in [1.29, 1.82) is 0 Å². The minimum Gasteiger partial charge on any atom is -0.493 e. The van der Waals surface area contributed by atoms with Crippen LogP contribution in [0.25, 0.3) is 0 Å². The zero-order chi connectivity index (χ0) is 13.4.